The summed E-state index contributed by atoms with van der Waals surface area (Å²) in [5.41, 5.74) is 1.16. The quantitative estimate of drug-likeness (QED) is 0.375. The van der Waals surface area contributed by atoms with Crippen LogP contribution >= 0.6 is 24.0 Å². The lowest BCUT2D eigenvalue weighted by atomic mass is 10.1. The van der Waals surface area contributed by atoms with E-state index < -0.39 is 6.55 Å². The number of hydrogen-bond donors (Lipinski definition) is 2. The number of guanidine groups is 1. The Hall–Kier alpha value is -1.91. The third-order valence-electron chi connectivity index (χ3n) is 3.46. The Balaban J connectivity index is 0.00000312. The smallest absolute Gasteiger partial charge is 0.319 e. The Kier molecular flexibility index (Phi) is 9.17. The van der Waals surface area contributed by atoms with Gasteiger partial charge in [0.1, 0.15) is 11.6 Å². The minimum absolute atomic E-state index is 0. The predicted molar refractivity (Wildman–Crippen MR) is 104 cm³/mol. The molecule has 0 spiro atoms. The number of halogens is 3. The summed E-state index contributed by atoms with van der Waals surface area (Å²) >= 11 is 0. The van der Waals surface area contributed by atoms with E-state index in [1.807, 2.05) is 24.3 Å². The summed E-state index contributed by atoms with van der Waals surface area (Å²) < 4.78 is 31.4. The van der Waals surface area contributed by atoms with E-state index in [1.165, 1.54) is 12.4 Å². The molecule has 0 aliphatic rings. The van der Waals surface area contributed by atoms with Crippen molar-refractivity contribution in [2.75, 3.05) is 20.7 Å². The lowest BCUT2D eigenvalue weighted by Gasteiger charge is -2.12. The van der Waals surface area contributed by atoms with Gasteiger partial charge in [0.25, 0.3) is 0 Å². The van der Waals surface area contributed by atoms with Crippen molar-refractivity contribution < 1.29 is 13.5 Å². The summed E-state index contributed by atoms with van der Waals surface area (Å²) in [6.07, 6.45) is 3.40. The zero-order valence-electron chi connectivity index (χ0n) is 14.1. The van der Waals surface area contributed by atoms with Gasteiger partial charge in [-0.05, 0) is 24.1 Å². The molecule has 9 heteroatoms. The van der Waals surface area contributed by atoms with Crippen LogP contribution in [0.2, 0.25) is 0 Å². The minimum Gasteiger partial charge on any atom is -0.497 e. The van der Waals surface area contributed by atoms with Crippen molar-refractivity contribution in [1.29, 1.82) is 0 Å². The fraction of sp³-hybridized carbons (Fsp3) is 0.375. The van der Waals surface area contributed by atoms with Crippen LogP contribution in [0.15, 0.2) is 41.7 Å². The standard InChI is InChI=1S/C16H21F2N5O.HI/c1-19-16(22-11-14-20-9-10-23(14)15(17)18)21-8-7-12-3-5-13(24-2)6-4-12;/h3-6,9-10,15H,7-8,11H2,1-2H3,(H2,19,21,22);1H. The van der Waals surface area contributed by atoms with Crippen LogP contribution in [-0.4, -0.2) is 36.2 Å². The second-order valence-corrected chi connectivity index (χ2v) is 4.98. The number of methoxy groups -OCH3 is 1. The molecule has 0 amide bonds. The van der Waals surface area contributed by atoms with Gasteiger partial charge in [-0.3, -0.25) is 9.56 Å². The van der Waals surface area contributed by atoms with Gasteiger partial charge >= 0.3 is 6.55 Å². The SMILES string of the molecule is CN=C(NCCc1ccc(OC)cc1)NCc1nccn1C(F)F.I. The molecular formula is C16H22F2IN5O. The molecule has 2 rings (SSSR count). The van der Waals surface area contributed by atoms with E-state index in [0.717, 1.165) is 22.3 Å². The summed E-state index contributed by atoms with van der Waals surface area (Å²) in [6.45, 7) is -1.77. The van der Waals surface area contributed by atoms with Gasteiger partial charge in [0.15, 0.2) is 5.96 Å². The summed E-state index contributed by atoms with van der Waals surface area (Å²) in [5.74, 6) is 1.61. The van der Waals surface area contributed by atoms with Gasteiger partial charge in [-0.2, -0.15) is 8.78 Å². The molecule has 1 aromatic heterocycles. The van der Waals surface area contributed by atoms with Crippen molar-refractivity contribution in [2.45, 2.75) is 19.5 Å². The minimum atomic E-state index is -2.60. The molecule has 0 saturated heterocycles. The molecule has 0 unspecified atom stereocenters. The molecule has 1 aromatic carbocycles. The molecule has 138 valence electrons. The zero-order valence-corrected chi connectivity index (χ0v) is 16.4. The van der Waals surface area contributed by atoms with Crippen LogP contribution in [0.1, 0.15) is 17.9 Å². The van der Waals surface area contributed by atoms with Gasteiger partial charge in [0, 0.05) is 26.0 Å². The maximum absolute atomic E-state index is 12.8. The highest BCUT2D eigenvalue weighted by Crippen LogP contribution is 2.12. The van der Waals surface area contributed by atoms with Crippen LogP contribution < -0.4 is 15.4 Å². The van der Waals surface area contributed by atoms with Gasteiger partial charge in [-0.15, -0.1) is 24.0 Å². The van der Waals surface area contributed by atoms with Crippen molar-refractivity contribution in [1.82, 2.24) is 20.2 Å². The fourth-order valence-corrected chi connectivity index (χ4v) is 2.16. The molecule has 1 heterocycles. The number of imidazole rings is 1. The van der Waals surface area contributed by atoms with E-state index in [2.05, 4.69) is 20.6 Å². The van der Waals surface area contributed by atoms with E-state index in [4.69, 9.17) is 4.74 Å². The van der Waals surface area contributed by atoms with Crippen molar-refractivity contribution in [3.8, 4) is 5.75 Å². The van der Waals surface area contributed by atoms with E-state index >= 15 is 0 Å². The Morgan fingerprint density at radius 3 is 2.60 bits per heavy atom. The number of nitrogens with one attached hydrogen (secondary N) is 2. The first-order chi connectivity index (χ1) is 11.6. The van der Waals surface area contributed by atoms with Gasteiger partial charge in [-0.1, -0.05) is 12.1 Å². The number of aliphatic imine (C=N–C) groups is 1. The Labute approximate surface area is 162 Å². The summed E-state index contributed by atoms with van der Waals surface area (Å²) in [5, 5.41) is 6.11. The highest BCUT2D eigenvalue weighted by molar-refractivity contribution is 14.0. The summed E-state index contributed by atoms with van der Waals surface area (Å²) in [4.78, 5) is 7.98. The number of rotatable bonds is 7. The van der Waals surface area contributed by atoms with Crippen molar-refractivity contribution in [3.05, 3.63) is 48.0 Å². The van der Waals surface area contributed by atoms with Gasteiger partial charge in [0.2, 0.25) is 0 Å². The molecule has 2 aromatic rings. The Morgan fingerprint density at radius 2 is 2.00 bits per heavy atom. The third-order valence-corrected chi connectivity index (χ3v) is 3.46. The average molecular weight is 465 g/mol. The monoisotopic (exact) mass is 465 g/mol. The lowest BCUT2D eigenvalue weighted by molar-refractivity contribution is 0.0668. The van der Waals surface area contributed by atoms with Crippen molar-refractivity contribution >= 4 is 29.9 Å². The molecule has 0 fully saturated rings. The second kappa shape index (κ2) is 10.9. The molecule has 2 N–H and O–H groups in total. The molecule has 0 bridgehead atoms. The zero-order chi connectivity index (χ0) is 17.4. The molecule has 0 radical (unpaired) electrons. The first-order valence-electron chi connectivity index (χ1n) is 7.51. The molecular weight excluding hydrogens is 443 g/mol. The number of hydrogen-bond acceptors (Lipinski definition) is 3. The van der Waals surface area contributed by atoms with Gasteiger partial charge < -0.3 is 15.4 Å². The number of nitrogens with zero attached hydrogens (tertiary/aromatic N) is 3. The van der Waals surface area contributed by atoms with E-state index in [9.17, 15) is 8.78 Å². The number of aromatic nitrogens is 2. The van der Waals surface area contributed by atoms with Crippen LogP contribution in [0.5, 0.6) is 5.75 Å². The molecule has 0 aliphatic heterocycles. The maximum atomic E-state index is 12.8. The highest BCUT2D eigenvalue weighted by atomic mass is 127. The third kappa shape index (κ3) is 6.48. The molecule has 25 heavy (non-hydrogen) atoms. The summed E-state index contributed by atoms with van der Waals surface area (Å²) in [6, 6.07) is 7.81. The largest absolute Gasteiger partial charge is 0.497 e. The second-order valence-electron chi connectivity index (χ2n) is 4.98. The first kappa shape index (κ1) is 21.1. The normalized spacial score (nSPS) is 11.2. The molecule has 0 aliphatic carbocycles. The maximum Gasteiger partial charge on any atom is 0.319 e. The number of ether oxygens (including phenoxy) is 1. The number of benzene rings is 1. The molecule has 0 saturated carbocycles. The molecule has 6 nitrogen and oxygen atoms in total. The predicted octanol–water partition coefficient (Wildman–Crippen LogP) is 2.81. The van der Waals surface area contributed by atoms with Crippen LogP contribution in [0.25, 0.3) is 0 Å². The van der Waals surface area contributed by atoms with Crippen molar-refractivity contribution in [3.63, 3.8) is 0 Å². The summed E-state index contributed by atoms with van der Waals surface area (Å²) in [7, 11) is 3.26. The average Bonchev–Trinajstić information content (AvgIpc) is 3.07. The van der Waals surface area contributed by atoms with Crippen LogP contribution in [0, 0.1) is 0 Å². The van der Waals surface area contributed by atoms with Gasteiger partial charge in [-0.25, -0.2) is 4.98 Å². The first-order valence-corrected chi connectivity index (χ1v) is 7.51. The molecule has 0 atom stereocenters. The van der Waals surface area contributed by atoms with E-state index in [0.29, 0.717) is 12.5 Å². The Bertz CT molecular complexity index is 661. The van der Waals surface area contributed by atoms with Crippen LogP contribution in [0.4, 0.5) is 8.78 Å². The van der Waals surface area contributed by atoms with Crippen molar-refractivity contribution in [2.24, 2.45) is 4.99 Å². The highest BCUT2D eigenvalue weighted by Gasteiger charge is 2.11. The van der Waals surface area contributed by atoms with Gasteiger partial charge in [0.05, 0.1) is 13.7 Å². The fourth-order valence-electron chi connectivity index (χ4n) is 2.16. The topological polar surface area (TPSA) is 63.5 Å². The van der Waals surface area contributed by atoms with E-state index in [1.54, 1.807) is 14.2 Å². The van der Waals surface area contributed by atoms with Crippen LogP contribution in [0.3, 0.4) is 0 Å². The van der Waals surface area contributed by atoms with E-state index in [-0.39, 0.29) is 36.3 Å². The number of alkyl halides is 2. The van der Waals surface area contributed by atoms with Crippen LogP contribution in [-0.2, 0) is 13.0 Å². The lowest BCUT2D eigenvalue weighted by Crippen LogP contribution is -2.38. The Morgan fingerprint density at radius 1 is 1.28 bits per heavy atom.